The first-order valence-corrected chi connectivity index (χ1v) is 5.15. The van der Waals surface area contributed by atoms with Crippen LogP contribution in [0.25, 0.3) is 10.3 Å². The predicted octanol–water partition coefficient (Wildman–Crippen LogP) is 1.07. The molecule has 0 amide bonds. The summed E-state index contributed by atoms with van der Waals surface area (Å²) in [4.78, 5) is 9.33. The van der Waals surface area contributed by atoms with Crippen molar-refractivity contribution in [3.05, 3.63) is 23.3 Å². The van der Waals surface area contributed by atoms with Gasteiger partial charge in [-0.25, -0.2) is 9.97 Å². The molecule has 5 heteroatoms. The van der Waals surface area contributed by atoms with Crippen LogP contribution in [-0.4, -0.2) is 21.2 Å². The molecular formula is C9H11N3OS. The van der Waals surface area contributed by atoms with E-state index in [0.29, 0.717) is 0 Å². The first-order valence-electron chi connectivity index (χ1n) is 4.33. The molecule has 0 bridgehead atoms. The molecule has 2 atom stereocenters. The normalized spacial score (nSPS) is 15.6. The molecule has 0 saturated heterocycles. The summed E-state index contributed by atoms with van der Waals surface area (Å²) < 4.78 is 0. The highest BCUT2D eigenvalue weighted by Crippen LogP contribution is 2.24. The summed E-state index contributed by atoms with van der Waals surface area (Å²) in [5.41, 5.74) is 6.61. The fourth-order valence-electron chi connectivity index (χ4n) is 1.14. The molecule has 0 aliphatic carbocycles. The Morgan fingerprint density at radius 3 is 3.00 bits per heavy atom. The number of pyridine rings is 1. The fourth-order valence-corrected chi connectivity index (χ4v) is 2.14. The second-order valence-corrected chi connectivity index (χ2v) is 4.16. The lowest BCUT2D eigenvalue weighted by Gasteiger charge is -2.10. The van der Waals surface area contributed by atoms with Crippen LogP contribution in [0, 0.1) is 0 Å². The van der Waals surface area contributed by atoms with Gasteiger partial charge in [0.2, 0.25) is 0 Å². The molecule has 14 heavy (non-hydrogen) atoms. The second kappa shape index (κ2) is 3.61. The number of rotatable bonds is 2. The first-order chi connectivity index (χ1) is 6.68. The van der Waals surface area contributed by atoms with E-state index in [1.54, 1.807) is 13.1 Å². The van der Waals surface area contributed by atoms with Crippen LogP contribution in [0.5, 0.6) is 0 Å². The molecule has 74 valence electrons. The van der Waals surface area contributed by atoms with Crippen molar-refractivity contribution in [3.8, 4) is 0 Å². The Balaban J connectivity index is 2.45. The maximum Gasteiger partial charge on any atom is 0.143 e. The molecule has 3 N–H and O–H groups in total. The van der Waals surface area contributed by atoms with E-state index in [9.17, 15) is 5.11 Å². The molecule has 0 radical (unpaired) electrons. The van der Waals surface area contributed by atoms with Gasteiger partial charge in [0.15, 0.2) is 0 Å². The number of aliphatic hydroxyl groups is 1. The van der Waals surface area contributed by atoms with E-state index in [4.69, 9.17) is 5.73 Å². The van der Waals surface area contributed by atoms with Crippen molar-refractivity contribution in [2.45, 2.75) is 19.1 Å². The Labute approximate surface area is 85.4 Å². The summed E-state index contributed by atoms with van der Waals surface area (Å²) in [5.74, 6) is 0. The molecule has 2 aromatic rings. The molecule has 2 aromatic heterocycles. The van der Waals surface area contributed by atoms with E-state index in [-0.39, 0.29) is 0 Å². The van der Waals surface area contributed by atoms with Gasteiger partial charge in [-0.05, 0) is 19.1 Å². The number of hydrogen-bond donors (Lipinski definition) is 2. The van der Waals surface area contributed by atoms with Crippen LogP contribution in [0.15, 0.2) is 18.3 Å². The number of fused-ring (bicyclic) bond motifs is 1. The molecule has 0 aliphatic heterocycles. The van der Waals surface area contributed by atoms with E-state index >= 15 is 0 Å². The van der Waals surface area contributed by atoms with Crippen molar-refractivity contribution in [1.29, 1.82) is 0 Å². The van der Waals surface area contributed by atoms with E-state index in [0.717, 1.165) is 15.4 Å². The van der Waals surface area contributed by atoms with E-state index in [2.05, 4.69) is 9.97 Å². The van der Waals surface area contributed by atoms with Crippen LogP contribution < -0.4 is 5.73 Å². The number of aliphatic hydroxyl groups excluding tert-OH is 1. The molecule has 0 spiro atoms. The lowest BCUT2D eigenvalue weighted by atomic mass is 10.2. The first kappa shape index (κ1) is 9.51. The van der Waals surface area contributed by atoms with Gasteiger partial charge in [-0.1, -0.05) is 11.3 Å². The summed E-state index contributed by atoms with van der Waals surface area (Å²) >= 11 is 1.43. The maximum atomic E-state index is 9.32. The third-order valence-electron chi connectivity index (χ3n) is 1.99. The summed E-state index contributed by atoms with van der Waals surface area (Å²) in [5, 5.41) is 10.1. The van der Waals surface area contributed by atoms with Gasteiger partial charge in [0.05, 0.1) is 12.1 Å². The Morgan fingerprint density at radius 1 is 1.57 bits per heavy atom. The average molecular weight is 209 g/mol. The highest BCUT2D eigenvalue weighted by molar-refractivity contribution is 7.18. The highest BCUT2D eigenvalue weighted by Gasteiger charge is 2.16. The second-order valence-electron chi connectivity index (χ2n) is 3.15. The lowest BCUT2D eigenvalue weighted by Crippen LogP contribution is -2.22. The minimum atomic E-state index is -0.587. The zero-order valence-corrected chi connectivity index (χ0v) is 8.53. The third kappa shape index (κ3) is 1.61. The number of thiazole rings is 1. The van der Waals surface area contributed by atoms with Crippen molar-refractivity contribution in [2.75, 3.05) is 0 Å². The van der Waals surface area contributed by atoms with Crippen LogP contribution in [-0.2, 0) is 0 Å². The monoisotopic (exact) mass is 209 g/mol. The molecule has 2 heterocycles. The van der Waals surface area contributed by atoms with Crippen LogP contribution in [0.4, 0.5) is 0 Å². The quantitative estimate of drug-likeness (QED) is 0.776. The smallest absolute Gasteiger partial charge is 0.143 e. The van der Waals surface area contributed by atoms with Crippen LogP contribution >= 0.6 is 11.3 Å². The van der Waals surface area contributed by atoms with Gasteiger partial charge in [0.25, 0.3) is 0 Å². The zero-order chi connectivity index (χ0) is 10.1. The largest absolute Gasteiger partial charge is 0.391 e. The Hall–Kier alpha value is -1.04. The Bertz CT molecular complexity index is 407. The Kier molecular flexibility index (Phi) is 2.45. The molecule has 0 fully saturated rings. The molecule has 0 aromatic carbocycles. The van der Waals surface area contributed by atoms with Gasteiger partial charge in [-0.3, -0.25) is 0 Å². The Morgan fingerprint density at radius 2 is 2.36 bits per heavy atom. The van der Waals surface area contributed by atoms with E-state index in [1.807, 2.05) is 12.1 Å². The number of aromatic nitrogens is 2. The average Bonchev–Trinajstić information content (AvgIpc) is 2.59. The van der Waals surface area contributed by atoms with E-state index < -0.39 is 12.1 Å². The zero-order valence-electron chi connectivity index (χ0n) is 7.71. The van der Waals surface area contributed by atoms with Gasteiger partial charge in [0.1, 0.15) is 15.4 Å². The number of hydrogen-bond acceptors (Lipinski definition) is 5. The molecule has 0 aliphatic rings. The summed E-state index contributed by atoms with van der Waals surface area (Å²) in [6, 6.07) is 3.30. The fraction of sp³-hybridized carbons (Fsp3) is 0.333. The lowest BCUT2D eigenvalue weighted by molar-refractivity contribution is 0.164. The standard InChI is InChI=1S/C9H11N3OS/c1-5(13)7(10)9-12-6-3-2-4-11-8(6)14-9/h2-5,7,13H,10H2,1H3. The molecule has 2 unspecified atom stereocenters. The molecule has 4 nitrogen and oxygen atoms in total. The topological polar surface area (TPSA) is 72.0 Å². The third-order valence-corrected chi connectivity index (χ3v) is 3.07. The molecular weight excluding hydrogens is 198 g/mol. The van der Waals surface area contributed by atoms with Crippen molar-refractivity contribution < 1.29 is 5.11 Å². The predicted molar refractivity (Wildman–Crippen MR) is 56.0 cm³/mol. The van der Waals surface area contributed by atoms with Gasteiger partial charge >= 0.3 is 0 Å². The summed E-state index contributed by atoms with van der Waals surface area (Å²) in [7, 11) is 0. The maximum absolute atomic E-state index is 9.32. The van der Waals surface area contributed by atoms with Gasteiger partial charge in [-0.2, -0.15) is 0 Å². The van der Waals surface area contributed by atoms with E-state index in [1.165, 1.54) is 11.3 Å². The summed E-state index contributed by atoms with van der Waals surface area (Å²) in [6.07, 6.45) is 1.13. The van der Waals surface area contributed by atoms with Gasteiger partial charge in [-0.15, -0.1) is 0 Å². The minimum absolute atomic E-state index is 0.422. The minimum Gasteiger partial charge on any atom is -0.391 e. The van der Waals surface area contributed by atoms with Gasteiger partial charge < -0.3 is 10.8 Å². The van der Waals surface area contributed by atoms with Crippen LogP contribution in [0.2, 0.25) is 0 Å². The highest BCUT2D eigenvalue weighted by atomic mass is 32.1. The van der Waals surface area contributed by atoms with Gasteiger partial charge in [0, 0.05) is 6.20 Å². The van der Waals surface area contributed by atoms with Crippen LogP contribution in [0.1, 0.15) is 18.0 Å². The van der Waals surface area contributed by atoms with Crippen molar-refractivity contribution in [1.82, 2.24) is 9.97 Å². The SMILES string of the molecule is CC(O)C(N)c1nc2cccnc2s1. The molecule has 0 saturated carbocycles. The van der Waals surface area contributed by atoms with Crippen molar-refractivity contribution >= 4 is 21.7 Å². The van der Waals surface area contributed by atoms with Crippen LogP contribution in [0.3, 0.4) is 0 Å². The summed E-state index contributed by atoms with van der Waals surface area (Å²) in [6.45, 7) is 1.66. The number of nitrogens with zero attached hydrogens (tertiary/aromatic N) is 2. The van der Waals surface area contributed by atoms with Crippen molar-refractivity contribution in [2.24, 2.45) is 5.73 Å². The molecule has 2 rings (SSSR count). The van der Waals surface area contributed by atoms with Crippen molar-refractivity contribution in [3.63, 3.8) is 0 Å². The number of nitrogens with two attached hydrogens (primary N) is 1.